The Hall–Kier alpha value is -3.30. The first-order chi connectivity index (χ1) is 11.8. The molecule has 0 radical (unpaired) electrons. The van der Waals surface area contributed by atoms with E-state index in [9.17, 15) is 24.1 Å². The number of hydrogen-bond donors (Lipinski definition) is 1. The number of ether oxygens (including phenoxy) is 1. The van der Waals surface area contributed by atoms with E-state index in [4.69, 9.17) is 4.74 Å². The zero-order valence-corrected chi connectivity index (χ0v) is 13.5. The minimum Gasteiger partial charge on any atom is -0.454 e. The third-order valence-electron chi connectivity index (χ3n) is 3.30. The van der Waals surface area contributed by atoms with Crippen LogP contribution in [-0.2, 0) is 20.9 Å². The molecule has 0 aliphatic heterocycles. The number of esters is 1. The Balaban J connectivity index is 1.88. The van der Waals surface area contributed by atoms with Gasteiger partial charge in [-0.25, -0.2) is 4.39 Å². The third kappa shape index (κ3) is 4.59. The minimum absolute atomic E-state index is 0.165. The fourth-order valence-corrected chi connectivity index (χ4v) is 2.15. The van der Waals surface area contributed by atoms with Gasteiger partial charge in [-0.1, -0.05) is 0 Å². The number of halogens is 1. The van der Waals surface area contributed by atoms with E-state index in [0.29, 0.717) is 5.69 Å². The topological polar surface area (TPSA) is 116 Å². The molecule has 0 aliphatic rings. The van der Waals surface area contributed by atoms with Crippen molar-refractivity contribution in [3.63, 3.8) is 0 Å². The number of nitro groups is 1. The summed E-state index contributed by atoms with van der Waals surface area (Å²) in [7, 11) is 0. The van der Waals surface area contributed by atoms with E-state index in [0.717, 1.165) is 4.68 Å². The molecule has 10 heteroatoms. The number of aryl methyl sites for hydroxylation is 1. The molecule has 2 rings (SSSR count). The molecule has 0 spiro atoms. The summed E-state index contributed by atoms with van der Waals surface area (Å²) in [6.07, 6.45) is 0. The van der Waals surface area contributed by atoms with Gasteiger partial charge >= 0.3 is 11.7 Å². The summed E-state index contributed by atoms with van der Waals surface area (Å²) in [5.41, 5.74) is 0.595. The largest absolute Gasteiger partial charge is 0.454 e. The van der Waals surface area contributed by atoms with Gasteiger partial charge in [0.2, 0.25) is 0 Å². The summed E-state index contributed by atoms with van der Waals surface area (Å²) in [5, 5.41) is 17.3. The summed E-state index contributed by atoms with van der Waals surface area (Å²) in [6.45, 7) is 2.03. The number of hydrogen-bond acceptors (Lipinski definition) is 6. The number of aromatic nitrogens is 2. The normalized spacial score (nSPS) is 10.4. The maximum absolute atomic E-state index is 12.8. The van der Waals surface area contributed by atoms with Crippen LogP contribution in [0.1, 0.15) is 11.4 Å². The van der Waals surface area contributed by atoms with Gasteiger partial charge in [0.25, 0.3) is 5.91 Å². The van der Waals surface area contributed by atoms with E-state index in [1.54, 1.807) is 0 Å². The quantitative estimate of drug-likeness (QED) is 0.482. The SMILES string of the molecule is Cc1nn(CC(=O)OCC(=O)Nc2ccc(F)cc2)c(C)c1[N+](=O)[O-]. The van der Waals surface area contributed by atoms with Crippen molar-refractivity contribution in [3.8, 4) is 0 Å². The van der Waals surface area contributed by atoms with E-state index < -0.39 is 29.2 Å². The highest BCUT2D eigenvalue weighted by Crippen LogP contribution is 2.21. The molecule has 0 bridgehead atoms. The average Bonchev–Trinajstić information content (AvgIpc) is 2.81. The zero-order chi connectivity index (χ0) is 18.6. The lowest BCUT2D eigenvalue weighted by Gasteiger charge is -2.07. The number of anilines is 1. The lowest BCUT2D eigenvalue weighted by atomic mass is 10.3. The number of nitrogens with one attached hydrogen (secondary N) is 1. The first kappa shape index (κ1) is 18.0. The lowest BCUT2D eigenvalue weighted by Crippen LogP contribution is -2.23. The second-order valence-electron chi connectivity index (χ2n) is 5.15. The highest BCUT2D eigenvalue weighted by molar-refractivity contribution is 5.92. The number of nitrogens with zero attached hydrogens (tertiary/aromatic N) is 3. The Bertz CT molecular complexity index is 816. The van der Waals surface area contributed by atoms with Crippen LogP contribution in [0.3, 0.4) is 0 Å². The Morgan fingerprint density at radius 2 is 1.96 bits per heavy atom. The van der Waals surface area contributed by atoms with E-state index in [1.165, 1.54) is 38.1 Å². The fraction of sp³-hybridized carbons (Fsp3) is 0.267. The number of benzene rings is 1. The third-order valence-corrected chi connectivity index (χ3v) is 3.30. The van der Waals surface area contributed by atoms with Crippen LogP contribution in [0.25, 0.3) is 0 Å². The standard InChI is InChI=1S/C15H15FN4O5/c1-9-15(20(23)24)10(2)19(18-9)7-14(22)25-8-13(21)17-12-5-3-11(16)4-6-12/h3-6H,7-8H2,1-2H3,(H,17,21). The molecule has 1 aromatic heterocycles. The second-order valence-corrected chi connectivity index (χ2v) is 5.15. The smallest absolute Gasteiger partial charge is 0.328 e. The van der Waals surface area contributed by atoms with Crippen molar-refractivity contribution in [1.29, 1.82) is 0 Å². The fourth-order valence-electron chi connectivity index (χ4n) is 2.15. The van der Waals surface area contributed by atoms with E-state index in [1.807, 2.05) is 0 Å². The van der Waals surface area contributed by atoms with Gasteiger partial charge in [0.15, 0.2) is 6.61 Å². The summed E-state index contributed by atoms with van der Waals surface area (Å²) < 4.78 is 18.7. The van der Waals surface area contributed by atoms with Crippen LogP contribution in [0.4, 0.5) is 15.8 Å². The molecule has 0 saturated heterocycles. The van der Waals surface area contributed by atoms with Gasteiger partial charge in [-0.15, -0.1) is 0 Å². The van der Waals surface area contributed by atoms with Crippen LogP contribution in [0, 0.1) is 29.8 Å². The maximum atomic E-state index is 12.8. The maximum Gasteiger partial charge on any atom is 0.328 e. The van der Waals surface area contributed by atoms with Crippen molar-refractivity contribution in [2.24, 2.45) is 0 Å². The Morgan fingerprint density at radius 3 is 2.52 bits per heavy atom. The predicted molar refractivity (Wildman–Crippen MR) is 84.3 cm³/mol. The Morgan fingerprint density at radius 1 is 1.32 bits per heavy atom. The molecule has 1 aromatic carbocycles. The first-order valence-electron chi connectivity index (χ1n) is 7.17. The molecule has 0 atom stereocenters. The van der Waals surface area contributed by atoms with Crippen LogP contribution in [0.15, 0.2) is 24.3 Å². The van der Waals surface area contributed by atoms with Crippen molar-refractivity contribution < 1.29 is 23.6 Å². The minimum atomic E-state index is -0.769. The monoisotopic (exact) mass is 350 g/mol. The van der Waals surface area contributed by atoms with Gasteiger partial charge < -0.3 is 10.1 Å². The van der Waals surface area contributed by atoms with Gasteiger partial charge in [0.05, 0.1) is 4.92 Å². The zero-order valence-electron chi connectivity index (χ0n) is 13.5. The highest BCUT2D eigenvalue weighted by Gasteiger charge is 2.23. The molecule has 0 unspecified atom stereocenters. The van der Waals surface area contributed by atoms with Crippen LogP contribution in [0.5, 0.6) is 0 Å². The summed E-state index contributed by atoms with van der Waals surface area (Å²) in [5.74, 6) is -1.81. The van der Waals surface area contributed by atoms with Crippen LogP contribution < -0.4 is 5.32 Å². The highest BCUT2D eigenvalue weighted by atomic mass is 19.1. The number of rotatable bonds is 6. The number of carbonyl (C=O) groups excluding carboxylic acids is 2. The van der Waals surface area contributed by atoms with Crippen LogP contribution >= 0.6 is 0 Å². The van der Waals surface area contributed by atoms with E-state index >= 15 is 0 Å². The summed E-state index contributed by atoms with van der Waals surface area (Å²) >= 11 is 0. The molecule has 25 heavy (non-hydrogen) atoms. The van der Waals surface area contributed by atoms with Gasteiger partial charge in [-0.05, 0) is 38.1 Å². The van der Waals surface area contributed by atoms with Crippen molar-refractivity contribution in [2.45, 2.75) is 20.4 Å². The van der Waals surface area contributed by atoms with Crippen molar-refractivity contribution in [2.75, 3.05) is 11.9 Å². The molecule has 0 fully saturated rings. The molecule has 1 heterocycles. The molecule has 132 valence electrons. The van der Waals surface area contributed by atoms with Gasteiger partial charge in [0.1, 0.15) is 23.7 Å². The molecule has 0 saturated carbocycles. The van der Waals surface area contributed by atoms with Crippen molar-refractivity contribution in [1.82, 2.24) is 9.78 Å². The molecule has 1 amide bonds. The van der Waals surface area contributed by atoms with E-state index in [-0.39, 0.29) is 23.6 Å². The van der Waals surface area contributed by atoms with Crippen LogP contribution in [-0.4, -0.2) is 33.2 Å². The molecule has 2 aromatic rings. The molecular weight excluding hydrogens is 335 g/mol. The van der Waals surface area contributed by atoms with Gasteiger partial charge in [-0.2, -0.15) is 5.10 Å². The summed E-state index contributed by atoms with van der Waals surface area (Å²) in [4.78, 5) is 33.8. The summed E-state index contributed by atoms with van der Waals surface area (Å²) in [6, 6.07) is 5.09. The van der Waals surface area contributed by atoms with Crippen molar-refractivity contribution in [3.05, 3.63) is 51.6 Å². The number of carbonyl (C=O) groups is 2. The van der Waals surface area contributed by atoms with Crippen LogP contribution in [0.2, 0.25) is 0 Å². The first-order valence-corrected chi connectivity index (χ1v) is 7.17. The molecule has 1 N–H and O–H groups in total. The average molecular weight is 350 g/mol. The Labute approximate surface area is 141 Å². The Kier molecular flexibility index (Phi) is 5.42. The second kappa shape index (κ2) is 7.51. The molecule has 9 nitrogen and oxygen atoms in total. The molecular formula is C15H15FN4O5. The number of amides is 1. The predicted octanol–water partition coefficient (Wildman–Crippen LogP) is 1.73. The molecule has 0 aliphatic carbocycles. The van der Waals surface area contributed by atoms with Crippen molar-refractivity contribution >= 4 is 23.3 Å². The van der Waals surface area contributed by atoms with Gasteiger partial charge in [-0.3, -0.25) is 24.4 Å². The lowest BCUT2D eigenvalue weighted by molar-refractivity contribution is -0.386. The van der Waals surface area contributed by atoms with Gasteiger partial charge in [0, 0.05) is 5.69 Å². The van der Waals surface area contributed by atoms with E-state index in [2.05, 4.69) is 10.4 Å².